The van der Waals surface area contributed by atoms with Gasteiger partial charge >= 0.3 is 0 Å². The molecular weight excluding hydrogens is 218 g/mol. The number of ketones is 1. The van der Waals surface area contributed by atoms with Gasteiger partial charge in [0, 0.05) is 5.56 Å². The van der Waals surface area contributed by atoms with Crippen molar-refractivity contribution in [3.05, 3.63) is 23.3 Å². The van der Waals surface area contributed by atoms with E-state index in [9.17, 15) is 4.79 Å². The van der Waals surface area contributed by atoms with Crippen molar-refractivity contribution in [3.63, 3.8) is 0 Å². The van der Waals surface area contributed by atoms with Crippen LogP contribution in [0.15, 0.2) is 12.1 Å². The Morgan fingerprint density at radius 2 is 1.94 bits per heavy atom. The Morgan fingerprint density at radius 1 is 1.29 bits per heavy atom. The SMILES string of the molecule is CNC(C)C(=O)c1ccc(OC)c(C)c1OC. The van der Waals surface area contributed by atoms with Gasteiger partial charge in [-0.2, -0.15) is 0 Å². The lowest BCUT2D eigenvalue weighted by molar-refractivity contribution is 0.0952. The molecule has 0 aliphatic heterocycles. The largest absolute Gasteiger partial charge is 0.496 e. The summed E-state index contributed by atoms with van der Waals surface area (Å²) in [7, 11) is 4.91. The van der Waals surface area contributed by atoms with Crippen molar-refractivity contribution in [2.24, 2.45) is 0 Å². The van der Waals surface area contributed by atoms with E-state index in [-0.39, 0.29) is 11.8 Å². The van der Waals surface area contributed by atoms with Crippen molar-refractivity contribution in [3.8, 4) is 11.5 Å². The third-order valence-corrected chi connectivity index (χ3v) is 2.87. The zero-order valence-corrected chi connectivity index (χ0v) is 11.0. The van der Waals surface area contributed by atoms with Crippen molar-refractivity contribution in [1.82, 2.24) is 5.32 Å². The lowest BCUT2D eigenvalue weighted by atomic mass is 10.0. The fourth-order valence-corrected chi connectivity index (χ4v) is 1.72. The highest BCUT2D eigenvalue weighted by molar-refractivity contribution is 6.02. The van der Waals surface area contributed by atoms with E-state index in [2.05, 4.69) is 5.32 Å². The second-order valence-electron chi connectivity index (χ2n) is 3.85. The number of likely N-dealkylation sites (N-methyl/N-ethyl adjacent to an activating group) is 1. The van der Waals surface area contributed by atoms with Gasteiger partial charge in [0.25, 0.3) is 0 Å². The summed E-state index contributed by atoms with van der Waals surface area (Å²) >= 11 is 0. The van der Waals surface area contributed by atoms with Gasteiger partial charge in [0.05, 0.1) is 25.8 Å². The van der Waals surface area contributed by atoms with Crippen LogP contribution in [0.4, 0.5) is 0 Å². The average molecular weight is 237 g/mol. The second-order valence-corrected chi connectivity index (χ2v) is 3.85. The van der Waals surface area contributed by atoms with Crippen molar-refractivity contribution in [1.29, 1.82) is 0 Å². The normalized spacial score (nSPS) is 12.1. The minimum absolute atomic E-state index is 0.00935. The van der Waals surface area contributed by atoms with Crippen LogP contribution >= 0.6 is 0 Å². The number of carbonyl (C=O) groups excluding carboxylic acids is 1. The average Bonchev–Trinajstić information content (AvgIpc) is 2.36. The van der Waals surface area contributed by atoms with Crippen LogP contribution in [0.3, 0.4) is 0 Å². The molecule has 0 amide bonds. The summed E-state index contributed by atoms with van der Waals surface area (Å²) in [5.74, 6) is 1.31. The molecule has 1 aromatic rings. The first-order valence-corrected chi connectivity index (χ1v) is 5.49. The van der Waals surface area contributed by atoms with E-state index in [1.54, 1.807) is 33.4 Å². The van der Waals surface area contributed by atoms with Crippen LogP contribution in [-0.4, -0.2) is 33.1 Å². The van der Waals surface area contributed by atoms with Crippen LogP contribution in [0.1, 0.15) is 22.8 Å². The van der Waals surface area contributed by atoms with Gasteiger partial charge in [-0.1, -0.05) is 0 Å². The Balaban J connectivity index is 3.26. The van der Waals surface area contributed by atoms with Gasteiger partial charge in [0.2, 0.25) is 0 Å². The van der Waals surface area contributed by atoms with E-state index >= 15 is 0 Å². The van der Waals surface area contributed by atoms with Gasteiger partial charge in [0.15, 0.2) is 5.78 Å². The Labute approximate surface area is 102 Å². The molecule has 0 bridgehead atoms. The number of rotatable bonds is 5. The predicted octanol–water partition coefficient (Wildman–Crippen LogP) is 1.80. The highest BCUT2D eigenvalue weighted by Gasteiger charge is 2.20. The number of nitrogens with one attached hydrogen (secondary N) is 1. The monoisotopic (exact) mass is 237 g/mol. The molecule has 1 rings (SSSR count). The van der Waals surface area contributed by atoms with Gasteiger partial charge < -0.3 is 14.8 Å². The van der Waals surface area contributed by atoms with E-state index in [0.717, 1.165) is 11.3 Å². The maximum Gasteiger partial charge on any atom is 0.183 e. The van der Waals surface area contributed by atoms with E-state index < -0.39 is 0 Å². The molecular formula is C13H19NO3. The van der Waals surface area contributed by atoms with E-state index in [4.69, 9.17) is 9.47 Å². The van der Waals surface area contributed by atoms with Crippen LogP contribution < -0.4 is 14.8 Å². The maximum absolute atomic E-state index is 12.1. The van der Waals surface area contributed by atoms with Crippen LogP contribution in [0.5, 0.6) is 11.5 Å². The van der Waals surface area contributed by atoms with Crippen LogP contribution in [0.25, 0.3) is 0 Å². The first-order chi connectivity index (χ1) is 8.06. The molecule has 0 aliphatic rings. The van der Waals surface area contributed by atoms with Gasteiger partial charge in [-0.3, -0.25) is 4.79 Å². The topological polar surface area (TPSA) is 47.6 Å². The summed E-state index contributed by atoms with van der Waals surface area (Å²) in [6.45, 7) is 3.69. The number of methoxy groups -OCH3 is 2. The molecule has 0 saturated carbocycles. The summed E-state index contributed by atoms with van der Waals surface area (Å²) in [4.78, 5) is 12.1. The van der Waals surface area contributed by atoms with Crippen LogP contribution in [-0.2, 0) is 0 Å². The Bertz CT molecular complexity index is 415. The number of ether oxygens (including phenoxy) is 2. The lowest BCUT2D eigenvalue weighted by Crippen LogP contribution is -2.31. The fraction of sp³-hybridized carbons (Fsp3) is 0.462. The summed E-state index contributed by atoms with van der Waals surface area (Å²) in [5, 5.41) is 2.93. The first-order valence-electron chi connectivity index (χ1n) is 5.49. The molecule has 1 atom stereocenters. The molecule has 94 valence electrons. The molecule has 1 aromatic carbocycles. The summed E-state index contributed by atoms with van der Waals surface area (Å²) < 4.78 is 10.5. The Morgan fingerprint density at radius 3 is 2.41 bits per heavy atom. The molecule has 0 saturated heterocycles. The van der Waals surface area contributed by atoms with Gasteiger partial charge in [-0.15, -0.1) is 0 Å². The maximum atomic E-state index is 12.1. The molecule has 0 heterocycles. The molecule has 17 heavy (non-hydrogen) atoms. The molecule has 0 fully saturated rings. The summed E-state index contributed by atoms with van der Waals surface area (Å²) in [6.07, 6.45) is 0. The number of hydrogen-bond acceptors (Lipinski definition) is 4. The zero-order valence-electron chi connectivity index (χ0n) is 11.0. The summed E-state index contributed by atoms with van der Waals surface area (Å²) in [6, 6.07) is 3.28. The zero-order chi connectivity index (χ0) is 13.0. The molecule has 0 aliphatic carbocycles. The minimum atomic E-state index is -0.239. The van der Waals surface area contributed by atoms with Crippen LogP contribution in [0, 0.1) is 6.92 Å². The molecule has 1 unspecified atom stereocenters. The van der Waals surface area contributed by atoms with Crippen molar-refractivity contribution >= 4 is 5.78 Å². The Hall–Kier alpha value is -1.55. The summed E-state index contributed by atoms with van der Waals surface area (Å²) in [5.41, 5.74) is 1.41. The van der Waals surface area contributed by atoms with E-state index in [1.165, 1.54) is 0 Å². The van der Waals surface area contributed by atoms with Gasteiger partial charge in [-0.05, 0) is 33.0 Å². The molecule has 0 aromatic heterocycles. The van der Waals surface area contributed by atoms with Crippen LogP contribution in [0.2, 0.25) is 0 Å². The predicted molar refractivity (Wildman–Crippen MR) is 67.1 cm³/mol. The number of Topliss-reactive ketones (excluding diaryl/α,β-unsaturated/α-hetero) is 1. The first kappa shape index (κ1) is 13.5. The molecule has 4 nitrogen and oxygen atoms in total. The highest BCUT2D eigenvalue weighted by Crippen LogP contribution is 2.31. The molecule has 1 N–H and O–H groups in total. The third-order valence-electron chi connectivity index (χ3n) is 2.87. The molecule has 4 heteroatoms. The minimum Gasteiger partial charge on any atom is -0.496 e. The number of hydrogen-bond donors (Lipinski definition) is 1. The van der Waals surface area contributed by atoms with E-state index in [0.29, 0.717) is 11.3 Å². The molecule has 0 radical (unpaired) electrons. The lowest BCUT2D eigenvalue weighted by Gasteiger charge is -2.16. The smallest absolute Gasteiger partial charge is 0.183 e. The Kier molecular flexibility index (Phi) is 4.52. The standard InChI is InChI=1S/C13H19NO3/c1-8-11(16-4)7-6-10(13(8)17-5)12(15)9(2)14-3/h6-7,9,14H,1-5H3. The van der Waals surface area contributed by atoms with Gasteiger partial charge in [-0.25, -0.2) is 0 Å². The highest BCUT2D eigenvalue weighted by atomic mass is 16.5. The van der Waals surface area contributed by atoms with E-state index in [1.807, 2.05) is 13.8 Å². The number of benzene rings is 1. The quantitative estimate of drug-likeness (QED) is 0.793. The van der Waals surface area contributed by atoms with Crippen molar-refractivity contribution < 1.29 is 14.3 Å². The third kappa shape index (κ3) is 2.58. The number of carbonyl (C=O) groups is 1. The fourth-order valence-electron chi connectivity index (χ4n) is 1.72. The molecule has 0 spiro atoms. The van der Waals surface area contributed by atoms with Crippen molar-refractivity contribution in [2.75, 3.05) is 21.3 Å². The van der Waals surface area contributed by atoms with Crippen molar-refractivity contribution in [2.45, 2.75) is 19.9 Å². The second kappa shape index (κ2) is 5.68. The van der Waals surface area contributed by atoms with Gasteiger partial charge in [0.1, 0.15) is 11.5 Å².